The molecular formula is C10H12N4OS. The first-order chi connectivity index (χ1) is 7.79. The van der Waals surface area contributed by atoms with Crippen LogP contribution in [0.5, 0.6) is 0 Å². The minimum absolute atomic E-state index is 0.121. The van der Waals surface area contributed by atoms with E-state index in [0.29, 0.717) is 5.75 Å². The van der Waals surface area contributed by atoms with Crippen LogP contribution in [0, 0.1) is 0 Å². The minimum Gasteiger partial charge on any atom is -0.326 e. The van der Waals surface area contributed by atoms with Gasteiger partial charge in [-0.25, -0.2) is 9.97 Å². The van der Waals surface area contributed by atoms with Crippen molar-refractivity contribution in [2.45, 2.75) is 24.4 Å². The Morgan fingerprint density at radius 3 is 3.12 bits per heavy atom. The Labute approximate surface area is 96.9 Å². The summed E-state index contributed by atoms with van der Waals surface area (Å²) in [5.74, 6) is 0.654. The zero-order valence-electron chi connectivity index (χ0n) is 8.88. The highest BCUT2D eigenvalue weighted by Crippen LogP contribution is 2.19. The number of aromatic nitrogens is 4. The lowest BCUT2D eigenvalue weighted by atomic mass is 10.5. The van der Waals surface area contributed by atoms with Crippen molar-refractivity contribution >= 4 is 11.8 Å². The maximum absolute atomic E-state index is 11.0. The third-order valence-electron chi connectivity index (χ3n) is 2.10. The SMILES string of the molecule is CCn1ccnc1SCc1cc(=O)[nH]cn1. The standard InChI is InChI=1S/C10H12N4OS/c1-2-14-4-3-11-10(14)16-6-8-5-9(15)13-7-12-8/h3-5,7H,2,6H2,1H3,(H,12,13,15). The van der Waals surface area contributed by atoms with E-state index in [9.17, 15) is 4.79 Å². The number of nitrogens with one attached hydrogen (secondary N) is 1. The number of nitrogens with zero attached hydrogens (tertiary/aromatic N) is 3. The van der Waals surface area contributed by atoms with Gasteiger partial charge in [-0.15, -0.1) is 0 Å². The third kappa shape index (κ3) is 2.52. The van der Waals surface area contributed by atoms with Crippen molar-refractivity contribution in [3.05, 3.63) is 40.8 Å². The number of hydrogen-bond acceptors (Lipinski definition) is 4. The molecule has 0 spiro atoms. The lowest BCUT2D eigenvalue weighted by molar-refractivity contribution is 0.681. The van der Waals surface area contributed by atoms with Crippen molar-refractivity contribution < 1.29 is 0 Å². The Kier molecular flexibility index (Phi) is 3.40. The Morgan fingerprint density at radius 2 is 2.38 bits per heavy atom. The van der Waals surface area contributed by atoms with Gasteiger partial charge in [0.25, 0.3) is 5.56 Å². The molecular weight excluding hydrogens is 224 g/mol. The fraction of sp³-hybridized carbons (Fsp3) is 0.300. The summed E-state index contributed by atoms with van der Waals surface area (Å²) in [5, 5.41) is 0.949. The lowest BCUT2D eigenvalue weighted by Gasteiger charge is -2.03. The zero-order chi connectivity index (χ0) is 11.4. The van der Waals surface area contributed by atoms with Gasteiger partial charge < -0.3 is 9.55 Å². The number of thioether (sulfide) groups is 1. The van der Waals surface area contributed by atoms with Crippen LogP contribution in [0.15, 0.2) is 34.7 Å². The van der Waals surface area contributed by atoms with Gasteiger partial charge >= 0.3 is 0 Å². The molecule has 6 heteroatoms. The van der Waals surface area contributed by atoms with Crippen molar-refractivity contribution in [3.8, 4) is 0 Å². The molecule has 0 saturated carbocycles. The predicted molar refractivity (Wildman–Crippen MR) is 62.3 cm³/mol. The largest absolute Gasteiger partial charge is 0.326 e. The van der Waals surface area contributed by atoms with Crippen molar-refractivity contribution in [1.82, 2.24) is 19.5 Å². The molecule has 1 N–H and O–H groups in total. The number of aryl methyl sites for hydroxylation is 1. The first kappa shape index (κ1) is 10.9. The molecule has 0 aliphatic carbocycles. The van der Waals surface area contributed by atoms with Gasteiger partial charge in [0, 0.05) is 30.8 Å². The Hall–Kier alpha value is -1.56. The zero-order valence-corrected chi connectivity index (χ0v) is 9.70. The van der Waals surface area contributed by atoms with Crippen LogP contribution in [0.25, 0.3) is 0 Å². The van der Waals surface area contributed by atoms with E-state index in [1.54, 1.807) is 18.0 Å². The lowest BCUT2D eigenvalue weighted by Crippen LogP contribution is -2.06. The van der Waals surface area contributed by atoms with Gasteiger partial charge in [0.1, 0.15) is 0 Å². The topological polar surface area (TPSA) is 63.6 Å². The highest BCUT2D eigenvalue weighted by molar-refractivity contribution is 7.98. The Morgan fingerprint density at radius 1 is 1.50 bits per heavy atom. The van der Waals surface area contributed by atoms with Crippen LogP contribution in [0.1, 0.15) is 12.6 Å². The molecule has 2 rings (SSSR count). The first-order valence-corrected chi connectivity index (χ1v) is 5.95. The molecule has 0 amide bonds. The summed E-state index contributed by atoms with van der Waals surface area (Å²) in [7, 11) is 0. The first-order valence-electron chi connectivity index (χ1n) is 4.97. The summed E-state index contributed by atoms with van der Waals surface area (Å²) in [6.45, 7) is 2.96. The Bertz CT molecular complexity index is 519. The summed E-state index contributed by atoms with van der Waals surface area (Å²) >= 11 is 1.58. The maximum Gasteiger partial charge on any atom is 0.250 e. The molecule has 0 radical (unpaired) electrons. The van der Waals surface area contributed by atoms with Crippen LogP contribution in [0.3, 0.4) is 0 Å². The van der Waals surface area contributed by atoms with Crippen LogP contribution in [-0.4, -0.2) is 19.5 Å². The fourth-order valence-electron chi connectivity index (χ4n) is 1.30. The van der Waals surface area contributed by atoms with Crippen molar-refractivity contribution in [3.63, 3.8) is 0 Å². The van der Waals surface area contributed by atoms with Crippen LogP contribution >= 0.6 is 11.8 Å². The van der Waals surface area contributed by atoms with E-state index in [4.69, 9.17) is 0 Å². The van der Waals surface area contributed by atoms with Crippen LogP contribution in [-0.2, 0) is 12.3 Å². The van der Waals surface area contributed by atoms with Gasteiger partial charge in [-0.05, 0) is 6.92 Å². The molecule has 0 aliphatic rings. The van der Waals surface area contributed by atoms with Gasteiger partial charge in [-0.1, -0.05) is 11.8 Å². The molecule has 0 fully saturated rings. The van der Waals surface area contributed by atoms with Crippen molar-refractivity contribution in [2.75, 3.05) is 0 Å². The monoisotopic (exact) mass is 236 g/mol. The molecule has 2 aromatic heterocycles. The molecule has 0 unspecified atom stereocenters. The van der Waals surface area contributed by atoms with Crippen LogP contribution < -0.4 is 5.56 Å². The molecule has 0 atom stereocenters. The van der Waals surface area contributed by atoms with Crippen molar-refractivity contribution in [2.24, 2.45) is 0 Å². The maximum atomic E-state index is 11.0. The Balaban J connectivity index is 2.05. The van der Waals surface area contributed by atoms with Gasteiger partial charge in [0.2, 0.25) is 0 Å². The quantitative estimate of drug-likeness (QED) is 0.812. The molecule has 5 nitrogen and oxygen atoms in total. The highest BCUT2D eigenvalue weighted by atomic mass is 32.2. The van der Waals surface area contributed by atoms with Crippen molar-refractivity contribution in [1.29, 1.82) is 0 Å². The second kappa shape index (κ2) is 4.98. The number of rotatable bonds is 4. The van der Waals surface area contributed by atoms with Gasteiger partial charge in [0.05, 0.1) is 12.0 Å². The number of aromatic amines is 1. The van der Waals surface area contributed by atoms with Crippen LogP contribution in [0.4, 0.5) is 0 Å². The third-order valence-corrected chi connectivity index (χ3v) is 3.14. The average molecular weight is 236 g/mol. The summed E-state index contributed by atoms with van der Waals surface area (Å²) in [6, 6.07) is 1.51. The summed E-state index contributed by atoms with van der Waals surface area (Å²) in [6.07, 6.45) is 5.13. The van der Waals surface area contributed by atoms with Crippen LogP contribution in [0.2, 0.25) is 0 Å². The highest BCUT2D eigenvalue weighted by Gasteiger charge is 2.03. The molecule has 2 aromatic rings. The normalized spacial score (nSPS) is 10.6. The molecule has 2 heterocycles. The molecule has 84 valence electrons. The van der Waals surface area contributed by atoms with Gasteiger partial charge in [0.15, 0.2) is 5.16 Å². The second-order valence-corrected chi connectivity index (χ2v) is 4.13. The minimum atomic E-state index is -0.121. The molecule has 16 heavy (non-hydrogen) atoms. The number of H-pyrrole nitrogens is 1. The molecule has 0 aromatic carbocycles. The van der Waals surface area contributed by atoms with E-state index < -0.39 is 0 Å². The van der Waals surface area contributed by atoms with E-state index in [2.05, 4.69) is 26.4 Å². The molecule has 0 aliphatic heterocycles. The van der Waals surface area contributed by atoms with Gasteiger partial charge in [-0.2, -0.15) is 0 Å². The van der Waals surface area contributed by atoms with E-state index in [1.807, 2.05) is 6.20 Å². The molecule has 0 saturated heterocycles. The molecule has 0 bridgehead atoms. The number of hydrogen-bond donors (Lipinski definition) is 1. The number of imidazole rings is 1. The van der Waals surface area contributed by atoms with E-state index in [0.717, 1.165) is 17.4 Å². The second-order valence-electron chi connectivity index (χ2n) is 3.19. The summed E-state index contributed by atoms with van der Waals surface area (Å²) in [5.41, 5.74) is 0.642. The van der Waals surface area contributed by atoms with Gasteiger partial charge in [-0.3, -0.25) is 4.79 Å². The average Bonchev–Trinajstić information content (AvgIpc) is 2.74. The summed E-state index contributed by atoms with van der Waals surface area (Å²) in [4.78, 5) is 21.9. The van der Waals surface area contributed by atoms with E-state index >= 15 is 0 Å². The fourth-order valence-corrected chi connectivity index (χ4v) is 2.23. The van der Waals surface area contributed by atoms with E-state index in [-0.39, 0.29) is 5.56 Å². The van der Waals surface area contributed by atoms with E-state index in [1.165, 1.54) is 12.4 Å². The predicted octanol–water partition coefficient (Wildman–Crippen LogP) is 1.28. The smallest absolute Gasteiger partial charge is 0.250 e. The summed E-state index contributed by atoms with van der Waals surface area (Å²) < 4.78 is 2.05.